The summed E-state index contributed by atoms with van der Waals surface area (Å²) in [5.74, 6) is 0.898. The molecule has 1 aromatic heterocycles. The molecule has 6 heteroatoms. The fourth-order valence-electron chi connectivity index (χ4n) is 5.10. The highest BCUT2D eigenvalue weighted by Gasteiger charge is 2.51. The van der Waals surface area contributed by atoms with Crippen molar-refractivity contribution in [2.75, 3.05) is 5.32 Å². The lowest BCUT2D eigenvalue weighted by molar-refractivity contribution is 0.00578. The van der Waals surface area contributed by atoms with Gasteiger partial charge in [-0.05, 0) is 50.7 Å². The number of anilines is 1. The van der Waals surface area contributed by atoms with Crippen LogP contribution in [0.1, 0.15) is 39.5 Å². The molecule has 1 N–H and O–H groups in total. The van der Waals surface area contributed by atoms with Gasteiger partial charge in [0.25, 0.3) is 0 Å². The molecule has 5 aromatic rings. The van der Waals surface area contributed by atoms with E-state index in [0.29, 0.717) is 0 Å². The van der Waals surface area contributed by atoms with E-state index >= 15 is 0 Å². The smallest absolute Gasteiger partial charge is 0.464 e. The Labute approximate surface area is 208 Å². The zero-order chi connectivity index (χ0) is 23.9. The second-order valence-corrected chi connectivity index (χ2v) is 11.5. The Morgan fingerprint density at radius 3 is 2.40 bits per heavy atom. The molecule has 1 unspecified atom stereocenters. The third-order valence-electron chi connectivity index (χ3n) is 7.77. The van der Waals surface area contributed by atoms with E-state index in [1.807, 2.05) is 0 Å². The molecule has 0 amide bonds. The molecule has 0 spiro atoms. The third kappa shape index (κ3) is 3.13. The zero-order valence-corrected chi connectivity index (χ0v) is 21.0. The fourth-order valence-corrected chi connectivity index (χ4v) is 6.38. The maximum absolute atomic E-state index is 6.41. The zero-order valence-electron chi connectivity index (χ0n) is 20.2. The lowest BCUT2D eigenvalue weighted by atomic mass is 9.79. The van der Waals surface area contributed by atoms with E-state index in [4.69, 9.17) is 14.0 Å². The van der Waals surface area contributed by atoms with Crippen LogP contribution in [0, 0.1) is 0 Å². The molecule has 35 heavy (non-hydrogen) atoms. The van der Waals surface area contributed by atoms with Crippen LogP contribution in [0.5, 0.6) is 5.75 Å². The first-order valence-electron chi connectivity index (χ1n) is 12.1. The number of ether oxygens (including phenoxy) is 1. The minimum atomic E-state index is -0.364. The van der Waals surface area contributed by atoms with Gasteiger partial charge in [-0.2, -0.15) is 0 Å². The van der Waals surface area contributed by atoms with Crippen molar-refractivity contribution in [1.29, 1.82) is 0 Å². The summed E-state index contributed by atoms with van der Waals surface area (Å²) in [4.78, 5) is 0. The maximum Gasteiger partial charge on any atom is 0.494 e. The maximum atomic E-state index is 6.41. The topological polar surface area (TPSA) is 39.7 Å². The van der Waals surface area contributed by atoms with Gasteiger partial charge in [-0.1, -0.05) is 60.7 Å². The van der Waals surface area contributed by atoms with Gasteiger partial charge < -0.3 is 19.4 Å². The van der Waals surface area contributed by atoms with Gasteiger partial charge in [-0.25, -0.2) is 0 Å². The summed E-state index contributed by atoms with van der Waals surface area (Å²) in [6, 6.07) is 25.6. The summed E-state index contributed by atoms with van der Waals surface area (Å²) in [5, 5.41) is 8.53. The second kappa shape index (κ2) is 7.23. The van der Waals surface area contributed by atoms with Gasteiger partial charge in [0.15, 0.2) is 6.23 Å². The average molecular weight is 479 g/mol. The van der Waals surface area contributed by atoms with Crippen molar-refractivity contribution in [2.45, 2.75) is 45.1 Å². The minimum absolute atomic E-state index is 0.227. The highest BCUT2D eigenvalue weighted by Crippen LogP contribution is 2.46. The molecule has 0 aliphatic carbocycles. The van der Waals surface area contributed by atoms with Crippen LogP contribution in [-0.4, -0.2) is 18.3 Å². The summed E-state index contributed by atoms with van der Waals surface area (Å²) in [6.07, 6.45) is -0.227. The fraction of sp³-hybridized carbons (Fsp3) is 0.241. The first-order chi connectivity index (χ1) is 16.8. The molecule has 0 bridgehead atoms. The standard InChI is InChI=1S/C29H26BNO3S/c1-28(2)29(3,4)34-30(33-28)18-13-14-20-21-10-7-11-22(26(21)35-24(20)16-18)27-31-25-19-9-6-5-8-17(19)12-15-23(25)32-27/h5-16,27,31H,1-4H3. The predicted molar refractivity (Wildman–Crippen MR) is 146 cm³/mol. The lowest BCUT2D eigenvalue weighted by Gasteiger charge is -2.32. The van der Waals surface area contributed by atoms with Crippen LogP contribution < -0.4 is 15.5 Å². The van der Waals surface area contributed by atoms with Crippen molar-refractivity contribution >= 4 is 60.6 Å². The molecule has 0 saturated carbocycles. The first-order valence-corrected chi connectivity index (χ1v) is 12.9. The number of fused-ring (bicyclic) bond motifs is 6. The molecule has 174 valence electrons. The van der Waals surface area contributed by atoms with Crippen molar-refractivity contribution in [3.8, 4) is 5.75 Å². The van der Waals surface area contributed by atoms with Crippen molar-refractivity contribution in [3.63, 3.8) is 0 Å². The molecule has 1 saturated heterocycles. The summed E-state index contributed by atoms with van der Waals surface area (Å²) in [6.45, 7) is 8.36. The quantitative estimate of drug-likeness (QED) is 0.277. The van der Waals surface area contributed by atoms with Crippen molar-refractivity contribution < 1.29 is 14.0 Å². The van der Waals surface area contributed by atoms with E-state index in [2.05, 4.69) is 106 Å². The summed E-state index contributed by atoms with van der Waals surface area (Å²) in [7, 11) is -0.364. The number of rotatable bonds is 2. The van der Waals surface area contributed by atoms with Crippen LogP contribution in [0.3, 0.4) is 0 Å². The van der Waals surface area contributed by atoms with Gasteiger partial charge in [0, 0.05) is 31.1 Å². The highest BCUT2D eigenvalue weighted by molar-refractivity contribution is 7.26. The third-order valence-corrected chi connectivity index (χ3v) is 8.99. The number of hydrogen-bond acceptors (Lipinski definition) is 5. The van der Waals surface area contributed by atoms with Crippen LogP contribution in [0.15, 0.2) is 72.8 Å². The molecule has 2 aliphatic rings. The normalized spacial score (nSPS) is 20.3. The van der Waals surface area contributed by atoms with E-state index in [-0.39, 0.29) is 24.5 Å². The second-order valence-electron chi connectivity index (χ2n) is 10.5. The van der Waals surface area contributed by atoms with Crippen LogP contribution in [0.25, 0.3) is 30.9 Å². The van der Waals surface area contributed by atoms with Crippen LogP contribution in [-0.2, 0) is 9.31 Å². The molecule has 1 fully saturated rings. The van der Waals surface area contributed by atoms with Gasteiger partial charge in [0.1, 0.15) is 5.75 Å². The molecule has 4 nitrogen and oxygen atoms in total. The Hall–Kier alpha value is -3.06. The first kappa shape index (κ1) is 21.2. The molecule has 7 rings (SSSR count). The van der Waals surface area contributed by atoms with Crippen LogP contribution >= 0.6 is 11.3 Å². The number of nitrogens with one attached hydrogen (secondary N) is 1. The van der Waals surface area contributed by atoms with E-state index < -0.39 is 0 Å². The van der Waals surface area contributed by atoms with E-state index in [1.165, 1.54) is 30.9 Å². The minimum Gasteiger partial charge on any atom is -0.464 e. The van der Waals surface area contributed by atoms with E-state index in [1.54, 1.807) is 11.3 Å². The van der Waals surface area contributed by atoms with Crippen molar-refractivity contribution in [2.24, 2.45) is 0 Å². The van der Waals surface area contributed by atoms with Crippen molar-refractivity contribution in [1.82, 2.24) is 0 Å². The Kier molecular flexibility index (Phi) is 4.39. The van der Waals surface area contributed by atoms with Gasteiger partial charge in [0.05, 0.1) is 16.9 Å². The Bertz CT molecular complexity index is 1620. The molecular weight excluding hydrogens is 453 g/mol. The summed E-state index contributed by atoms with van der Waals surface area (Å²) < 4.78 is 21.5. The van der Waals surface area contributed by atoms with Crippen LogP contribution in [0.2, 0.25) is 0 Å². The van der Waals surface area contributed by atoms with Gasteiger partial charge in [-0.15, -0.1) is 11.3 Å². The Balaban J connectivity index is 1.29. The Morgan fingerprint density at radius 1 is 0.800 bits per heavy atom. The molecule has 3 heterocycles. The largest absolute Gasteiger partial charge is 0.494 e. The van der Waals surface area contributed by atoms with Gasteiger partial charge in [-0.3, -0.25) is 0 Å². The van der Waals surface area contributed by atoms with Gasteiger partial charge >= 0.3 is 7.12 Å². The lowest BCUT2D eigenvalue weighted by Crippen LogP contribution is -2.41. The van der Waals surface area contributed by atoms with Crippen molar-refractivity contribution in [3.05, 3.63) is 78.4 Å². The number of benzene rings is 4. The van der Waals surface area contributed by atoms with E-state index in [9.17, 15) is 0 Å². The molecule has 0 radical (unpaired) electrons. The van der Waals surface area contributed by atoms with E-state index in [0.717, 1.165) is 22.5 Å². The average Bonchev–Trinajstić information content (AvgIpc) is 3.50. The monoisotopic (exact) mass is 479 g/mol. The molecule has 1 atom stereocenters. The highest BCUT2D eigenvalue weighted by atomic mass is 32.1. The molecule has 2 aliphatic heterocycles. The number of hydrogen-bond donors (Lipinski definition) is 1. The number of thiophene rings is 1. The molecular formula is C29H26BNO3S. The summed E-state index contributed by atoms with van der Waals surface area (Å²) >= 11 is 1.80. The summed E-state index contributed by atoms with van der Waals surface area (Å²) in [5.41, 5.74) is 2.56. The van der Waals surface area contributed by atoms with Gasteiger partial charge in [0.2, 0.25) is 0 Å². The Morgan fingerprint density at radius 2 is 1.57 bits per heavy atom. The molecule has 4 aromatic carbocycles. The SMILES string of the molecule is CC1(C)OB(c2ccc3c(c2)sc2c(C4Nc5c(ccc6ccccc56)O4)cccc23)OC1(C)C. The van der Waals surface area contributed by atoms with Crippen LogP contribution in [0.4, 0.5) is 5.69 Å². The predicted octanol–water partition coefficient (Wildman–Crippen LogP) is 7.01.